The Bertz CT molecular complexity index is 677. The van der Waals surface area contributed by atoms with E-state index in [1.54, 1.807) is 0 Å². The van der Waals surface area contributed by atoms with Crippen LogP contribution in [0.3, 0.4) is 0 Å². The highest BCUT2D eigenvalue weighted by atomic mass is 16.7. The van der Waals surface area contributed by atoms with Crippen LogP contribution in [-0.4, -0.2) is 27.9 Å². The third-order valence-corrected chi connectivity index (χ3v) is 4.65. The van der Waals surface area contributed by atoms with E-state index < -0.39 is 11.7 Å². The highest BCUT2D eigenvalue weighted by Gasteiger charge is 2.73. The highest BCUT2D eigenvalue weighted by Crippen LogP contribution is 2.58. The lowest BCUT2D eigenvalue weighted by molar-refractivity contribution is -0.154. The first-order chi connectivity index (χ1) is 10.0. The maximum Gasteiger partial charge on any atom is 0.342 e. The van der Waals surface area contributed by atoms with E-state index in [1.807, 2.05) is 13.0 Å². The molecule has 0 spiro atoms. The lowest BCUT2D eigenvalue weighted by atomic mass is 9.88. The van der Waals surface area contributed by atoms with Crippen LogP contribution in [0, 0.1) is 0 Å². The Hall–Kier alpha value is -2.01. The number of ether oxygens (including phenoxy) is 2. The topological polar surface area (TPSA) is 79.3 Å². The van der Waals surface area contributed by atoms with Crippen LogP contribution in [0.1, 0.15) is 37.0 Å². The molecule has 2 saturated heterocycles. The number of fused-ring (bicyclic) bond motifs is 2. The van der Waals surface area contributed by atoms with Crippen LogP contribution in [0.15, 0.2) is 23.8 Å². The van der Waals surface area contributed by atoms with Crippen LogP contribution in [0.4, 0.5) is 0 Å². The number of phenols is 2. The number of epoxide rings is 1. The van der Waals surface area contributed by atoms with Gasteiger partial charge in [0.25, 0.3) is 0 Å². The summed E-state index contributed by atoms with van der Waals surface area (Å²) in [6, 6.07) is 2.89. The second-order valence-corrected chi connectivity index (χ2v) is 6.02. The van der Waals surface area contributed by atoms with Crippen LogP contribution < -0.4 is 0 Å². The molecule has 0 saturated carbocycles. The molecular weight excluding hydrogens is 272 g/mol. The zero-order valence-corrected chi connectivity index (χ0v) is 11.6. The summed E-state index contributed by atoms with van der Waals surface area (Å²) in [4.78, 5) is 12.1. The van der Waals surface area contributed by atoms with E-state index >= 15 is 0 Å². The number of carbonyl (C=O) groups excluding carboxylic acids is 1. The molecule has 2 aliphatic heterocycles. The number of carbonyl (C=O) groups is 1. The summed E-state index contributed by atoms with van der Waals surface area (Å²) in [5.41, 5.74) is 1.31. The molecule has 1 aromatic rings. The predicted octanol–water partition coefficient (Wildman–Crippen LogP) is 2.12. The van der Waals surface area contributed by atoms with Crippen LogP contribution in [0.2, 0.25) is 0 Å². The zero-order valence-electron chi connectivity index (χ0n) is 11.6. The molecule has 2 fully saturated rings. The Morgan fingerprint density at radius 1 is 1.29 bits per heavy atom. The fraction of sp³-hybridized carbons (Fsp3) is 0.438. The van der Waals surface area contributed by atoms with Crippen molar-refractivity contribution in [1.29, 1.82) is 0 Å². The maximum atomic E-state index is 12.1. The van der Waals surface area contributed by atoms with E-state index in [9.17, 15) is 15.0 Å². The van der Waals surface area contributed by atoms with Crippen molar-refractivity contribution in [1.82, 2.24) is 0 Å². The van der Waals surface area contributed by atoms with E-state index in [4.69, 9.17) is 9.47 Å². The Labute approximate surface area is 121 Å². The molecule has 110 valence electrons. The summed E-state index contributed by atoms with van der Waals surface area (Å²) in [5, 5.41) is 20.4. The minimum Gasteiger partial charge on any atom is -0.508 e. The number of allylic oxidation sites excluding steroid dienone is 2. The SMILES string of the molecule is C/C1=C/CC[C@@]23O[C@@H]2[C@H](OC3=O)c2c(O)ccc(O)c2C1. The van der Waals surface area contributed by atoms with E-state index in [0.717, 1.165) is 12.0 Å². The normalized spacial score (nSPS) is 36.0. The summed E-state index contributed by atoms with van der Waals surface area (Å²) in [7, 11) is 0. The molecule has 0 amide bonds. The second kappa shape index (κ2) is 4.01. The number of benzene rings is 1. The molecule has 2 N–H and O–H groups in total. The van der Waals surface area contributed by atoms with Crippen molar-refractivity contribution in [3.05, 3.63) is 34.9 Å². The third kappa shape index (κ3) is 1.64. The van der Waals surface area contributed by atoms with Crippen LogP contribution in [0.25, 0.3) is 0 Å². The maximum absolute atomic E-state index is 12.1. The minimum atomic E-state index is -0.853. The van der Waals surface area contributed by atoms with E-state index in [-0.39, 0.29) is 23.6 Å². The van der Waals surface area contributed by atoms with Gasteiger partial charge in [0.05, 0.1) is 0 Å². The molecule has 3 atom stereocenters. The van der Waals surface area contributed by atoms with Crippen molar-refractivity contribution in [2.75, 3.05) is 0 Å². The molecular formula is C16H16O5. The second-order valence-electron chi connectivity index (χ2n) is 6.02. The number of hydrogen-bond acceptors (Lipinski definition) is 5. The fourth-order valence-electron chi connectivity index (χ4n) is 3.48. The van der Waals surface area contributed by atoms with Crippen LogP contribution >= 0.6 is 0 Å². The van der Waals surface area contributed by atoms with Crippen molar-refractivity contribution in [3.63, 3.8) is 0 Å². The number of phenolic OH excluding ortho intramolecular Hbond substituents is 2. The number of rotatable bonds is 0. The van der Waals surface area contributed by atoms with Gasteiger partial charge in [-0.2, -0.15) is 0 Å². The lowest BCUT2D eigenvalue weighted by Gasteiger charge is -2.19. The predicted molar refractivity (Wildman–Crippen MR) is 72.9 cm³/mol. The van der Waals surface area contributed by atoms with Gasteiger partial charge in [0.1, 0.15) is 17.6 Å². The largest absolute Gasteiger partial charge is 0.508 e. The van der Waals surface area contributed by atoms with Crippen molar-refractivity contribution in [2.24, 2.45) is 0 Å². The van der Waals surface area contributed by atoms with Crippen LogP contribution in [0.5, 0.6) is 11.5 Å². The molecule has 0 radical (unpaired) electrons. The molecule has 4 rings (SSSR count). The summed E-state index contributed by atoms with van der Waals surface area (Å²) in [5.74, 6) is -0.232. The quantitative estimate of drug-likeness (QED) is 0.331. The minimum absolute atomic E-state index is 0.0280. The van der Waals surface area contributed by atoms with Gasteiger partial charge in [-0.3, -0.25) is 0 Å². The monoisotopic (exact) mass is 288 g/mol. The van der Waals surface area contributed by atoms with Crippen molar-refractivity contribution >= 4 is 5.97 Å². The molecule has 1 aliphatic carbocycles. The molecule has 0 unspecified atom stereocenters. The zero-order chi connectivity index (χ0) is 14.8. The molecule has 3 aliphatic rings. The van der Waals surface area contributed by atoms with E-state index in [1.165, 1.54) is 12.1 Å². The molecule has 21 heavy (non-hydrogen) atoms. The third-order valence-electron chi connectivity index (χ3n) is 4.65. The number of hydrogen-bond donors (Lipinski definition) is 2. The Morgan fingerprint density at radius 3 is 2.81 bits per heavy atom. The fourth-order valence-corrected chi connectivity index (χ4v) is 3.48. The Morgan fingerprint density at radius 2 is 2.05 bits per heavy atom. The van der Waals surface area contributed by atoms with Crippen LogP contribution in [-0.2, 0) is 20.7 Å². The van der Waals surface area contributed by atoms with Crippen molar-refractivity contribution < 1.29 is 24.5 Å². The van der Waals surface area contributed by atoms with Gasteiger partial charge in [-0.05, 0) is 38.3 Å². The van der Waals surface area contributed by atoms with Gasteiger partial charge in [0.2, 0.25) is 0 Å². The van der Waals surface area contributed by atoms with Gasteiger partial charge in [0.15, 0.2) is 11.7 Å². The van der Waals surface area contributed by atoms with Gasteiger partial charge >= 0.3 is 5.97 Å². The summed E-state index contributed by atoms with van der Waals surface area (Å²) in [6.07, 6.45) is 2.91. The summed E-state index contributed by atoms with van der Waals surface area (Å²) >= 11 is 0. The first kappa shape index (κ1) is 12.7. The van der Waals surface area contributed by atoms with Gasteiger partial charge in [-0.25, -0.2) is 4.79 Å². The average molecular weight is 288 g/mol. The van der Waals surface area contributed by atoms with Gasteiger partial charge in [-0.1, -0.05) is 11.6 Å². The molecule has 1 aromatic carbocycles. The molecule has 0 aromatic heterocycles. The van der Waals surface area contributed by atoms with E-state index in [0.29, 0.717) is 24.0 Å². The number of aromatic hydroxyl groups is 2. The van der Waals surface area contributed by atoms with Gasteiger partial charge in [-0.15, -0.1) is 0 Å². The lowest BCUT2D eigenvalue weighted by Crippen LogP contribution is -2.22. The highest BCUT2D eigenvalue weighted by molar-refractivity contribution is 5.87. The first-order valence-corrected chi connectivity index (χ1v) is 7.11. The molecule has 2 heterocycles. The van der Waals surface area contributed by atoms with Gasteiger partial charge < -0.3 is 19.7 Å². The van der Waals surface area contributed by atoms with Crippen molar-refractivity contribution in [3.8, 4) is 11.5 Å². The molecule has 5 heteroatoms. The Kier molecular flexibility index (Phi) is 2.43. The standard InChI is InChI=1S/C16H16O5/c1-8-3-2-6-16-14(21-16)13(20-15(16)19)12-9(7-8)10(17)4-5-11(12)18/h3-5,13-14,17-18H,2,6-7H2,1H3/b8-3-/t13-,14-,16-/m1/s1. The number of esters is 1. The smallest absolute Gasteiger partial charge is 0.342 e. The summed E-state index contributed by atoms with van der Waals surface area (Å²) in [6.45, 7) is 1.97. The van der Waals surface area contributed by atoms with Gasteiger partial charge in [0, 0.05) is 11.1 Å². The van der Waals surface area contributed by atoms with E-state index in [2.05, 4.69) is 0 Å². The first-order valence-electron chi connectivity index (χ1n) is 7.11. The Balaban J connectivity index is 1.91. The molecule has 5 nitrogen and oxygen atoms in total. The molecule has 2 bridgehead atoms. The summed E-state index contributed by atoms with van der Waals surface area (Å²) < 4.78 is 11.1. The average Bonchev–Trinajstić information content (AvgIpc) is 3.11. The van der Waals surface area contributed by atoms with Crippen molar-refractivity contribution in [2.45, 2.75) is 44.0 Å².